The van der Waals surface area contributed by atoms with Crippen LogP contribution in [0.4, 0.5) is 0 Å². The van der Waals surface area contributed by atoms with Gasteiger partial charge in [-0.2, -0.15) is 0 Å². The fraction of sp³-hybridized carbons (Fsp3) is 1.00. The van der Waals surface area contributed by atoms with E-state index in [1.165, 1.54) is 0 Å². The molecule has 0 spiro atoms. The monoisotopic (exact) mass is 250 g/mol. The van der Waals surface area contributed by atoms with E-state index in [0.29, 0.717) is 26.4 Å². The van der Waals surface area contributed by atoms with Gasteiger partial charge in [-0.15, -0.1) is 0 Å². The second-order valence-corrected chi connectivity index (χ2v) is 4.11. The molecule has 104 valence electrons. The molecule has 0 saturated heterocycles. The van der Waals surface area contributed by atoms with Crippen molar-refractivity contribution >= 4 is 0 Å². The molecule has 0 aliphatic carbocycles. The summed E-state index contributed by atoms with van der Waals surface area (Å²) in [5.41, 5.74) is 0. The van der Waals surface area contributed by atoms with Gasteiger partial charge in [0.2, 0.25) is 0 Å². The molecule has 0 heterocycles. The highest BCUT2D eigenvalue weighted by atomic mass is 16.6. The zero-order chi connectivity index (χ0) is 13.1. The summed E-state index contributed by atoms with van der Waals surface area (Å²) in [6.45, 7) is 6.02. The average Bonchev–Trinajstić information content (AvgIpc) is 2.27. The Kier molecular flexibility index (Phi) is 10.8. The lowest BCUT2D eigenvalue weighted by molar-refractivity contribution is -0.0941. The molecule has 0 bridgehead atoms. The second-order valence-electron chi connectivity index (χ2n) is 4.11. The van der Waals surface area contributed by atoms with E-state index in [0.717, 1.165) is 0 Å². The van der Waals surface area contributed by atoms with Crippen LogP contribution in [0.25, 0.3) is 0 Å². The first-order valence-electron chi connectivity index (χ1n) is 5.87. The summed E-state index contributed by atoms with van der Waals surface area (Å²) in [5.74, 6) is 0. The Morgan fingerprint density at radius 3 is 1.76 bits per heavy atom. The minimum Gasteiger partial charge on any atom is -0.382 e. The van der Waals surface area contributed by atoms with Crippen molar-refractivity contribution in [2.45, 2.75) is 32.2 Å². The SMILES string of the molecule is COCC(COCC(COC)OC(C)C)OC. The Hall–Kier alpha value is -0.200. The molecule has 17 heavy (non-hydrogen) atoms. The third-order valence-corrected chi connectivity index (χ3v) is 2.11. The lowest BCUT2D eigenvalue weighted by Gasteiger charge is -2.21. The van der Waals surface area contributed by atoms with Crippen molar-refractivity contribution in [2.24, 2.45) is 0 Å². The van der Waals surface area contributed by atoms with Crippen LogP contribution in [0, 0.1) is 0 Å². The van der Waals surface area contributed by atoms with E-state index in [4.69, 9.17) is 23.7 Å². The molecular formula is C12H26O5. The first-order chi connectivity index (χ1) is 8.13. The molecule has 5 nitrogen and oxygen atoms in total. The van der Waals surface area contributed by atoms with Crippen LogP contribution >= 0.6 is 0 Å². The Labute approximate surface area is 104 Å². The molecule has 0 aromatic heterocycles. The largest absolute Gasteiger partial charge is 0.382 e. The minimum absolute atomic E-state index is 0.0396. The van der Waals surface area contributed by atoms with E-state index < -0.39 is 0 Å². The van der Waals surface area contributed by atoms with Gasteiger partial charge >= 0.3 is 0 Å². The maximum absolute atomic E-state index is 5.64. The molecule has 2 atom stereocenters. The van der Waals surface area contributed by atoms with Gasteiger partial charge in [0.05, 0.1) is 32.5 Å². The molecule has 0 radical (unpaired) electrons. The van der Waals surface area contributed by atoms with E-state index in [9.17, 15) is 0 Å². The molecular weight excluding hydrogens is 224 g/mol. The molecule has 5 heteroatoms. The lowest BCUT2D eigenvalue weighted by Crippen LogP contribution is -2.31. The van der Waals surface area contributed by atoms with E-state index in [1.54, 1.807) is 21.3 Å². The van der Waals surface area contributed by atoms with Gasteiger partial charge in [-0.1, -0.05) is 0 Å². The van der Waals surface area contributed by atoms with Crippen molar-refractivity contribution in [2.75, 3.05) is 47.8 Å². The quantitative estimate of drug-likeness (QED) is 0.549. The van der Waals surface area contributed by atoms with Crippen LogP contribution in [0.1, 0.15) is 13.8 Å². The Balaban J connectivity index is 3.78. The van der Waals surface area contributed by atoms with Gasteiger partial charge in [0, 0.05) is 21.3 Å². The first kappa shape index (κ1) is 16.8. The van der Waals surface area contributed by atoms with E-state index in [1.807, 2.05) is 13.8 Å². The Morgan fingerprint density at radius 2 is 1.29 bits per heavy atom. The van der Waals surface area contributed by atoms with Crippen molar-refractivity contribution in [1.29, 1.82) is 0 Å². The van der Waals surface area contributed by atoms with Gasteiger partial charge in [0.1, 0.15) is 12.2 Å². The molecule has 0 N–H and O–H groups in total. The van der Waals surface area contributed by atoms with Crippen LogP contribution in [0.5, 0.6) is 0 Å². The zero-order valence-corrected chi connectivity index (χ0v) is 11.6. The Morgan fingerprint density at radius 1 is 0.765 bits per heavy atom. The summed E-state index contributed by atoms with van der Waals surface area (Å²) in [5, 5.41) is 0. The van der Waals surface area contributed by atoms with Gasteiger partial charge in [0.15, 0.2) is 0 Å². The van der Waals surface area contributed by atoms with Gasteiger partial charge in [0.25, 0.3) is 0 Å². The molecule has 0 aliphatic heterocycles. The summed E-state index contributed by atoms with van der Waals surface area (Å²) < 4.78 is 26.5. The number of rotatable bonds is 11. The predicted molar refractivity (Wildman–Crippen MR) is 65.4 cm³/mol. The van der Waals surface area contributed by atoms with Crippen LogP contribution in [0.3, 0.4) is 0 Å². The van der Waals surface area contributed by atoms with Crippen molar-refractivity contribution < 1.29 is 23.7 Å². The van der Waals surface area contributed by atoms with Crippen molar-refractivity contribution in [3.05, 3.63) is 0 Å². The van der Waals surface area contributed by atoms with Crippen LogP contribution < -0.4 is 0 Å². The third-order valence-electron chi connectivity index (χ3n) is 2.11. The summed E-state index contributed by atoms with van der Waals surface area (Å²) in [4.78, 5) is 0. The highest BCUT2D eigenvalue weighted by Crippen LogP contribution is 2.01. The topological polar surface area (TPSA) is 46.2 Å². The van der Waals surface area contributed by atoms with Crippen molar-refractivity contribution in [3.8, 4) is 0 Å². The number of ether oxygens (including phenoxy) is 5. The lowest BCUT2D eigenvalue weighted by atomic mass is 10.3. The molecule has 0 aromatic carbocycles. The van der Waals surface area contributed by atoms with E-state index in [-0.39, 0.29) is 18.3 Å². The predicted octanol–water partition coefficient (Wildman–Crippen LogP) is 1.10. The highest BCUT2D eigenvalue weighted by molar-refractivity contribution is 4.59. The normalized spacial score (nSPS) is 15.2. The average molecular weight is 250 g/mol. The fourth-order valence-electron chi connectivity index (χ4n) is 1.40. The molecule has 0 amide bonds. The molecule has 0 rings (SSSR count). The molecule has 0 saturated carbocycles. The Bertz CT molecular complexity index is 163. The number of hydrogen-bond acceptors (Lipinski definition) is 5. The van der Waals surface area contributed by atoms with E-state index >= 15 is 0 Å². The maximum atomic E-state index is 5.64. The van der Waals surface area contributed by atoms with Crippen LogP contribution in [-0.2, 0) is 23.7 Å². The highest BCUT2D eigenvalue weighted by Gasteiger charge is 2.13. The summed E-state index contributed by atoms with van der Waals surface area (Å²) in [7, 11) is 4.94. The molecule has 2 unspecified atom stereocenters. The number of methoxy groups -OCH3 is 3. The summed E-state index contributed by atoms with van der Waals surface area (Å²) in [6, 6.07) is 0. The van der Waals surface area contributed by atoms with Crippen LogP contribution in [0.2, 0.25) is 0 Å². The fourth-order valence-corrected chi connectivity index (χ4v) is 1.40. The minimum atomic E-state index is -0.0416. The van der Waals surface area contributed by atoms with Gasteiger partial charge in [-0.25, -0.2) is 0 Å². The third kappa shape index (κ3) is 9.50. The summed E-state index contributed by atoms with van der Waals surface area (Å²) >= 11 is 0. The first-order valence-corrected chi connectivity index (χ1v) is 5.87. The van der Waals surface area contributed by atoms with Gasteiger partial charge < -0.3 is 23.7 Å². The van der Waals surface area contributed by atoms with Crippen molar-refractivity contribution in [1.82, 2.24) is 0 Å². The van der Waals surface area contributed by atoms with Crippen molar-refractivity contribution in [3.63, 3.8) is 0 Å². The van der Waals surface area contributed by atoms with Gasteiger partial charge in [-0.05, 0) is 13.8 Å². The maximum Gasteiger partial charge on any atom is 0.104 e. The molecule has 0 fully saturated rings. The van der Waals surface area contributed by atoms with Crippen LogP contribution in [-0.4, -0.2) is 66.1 Å². The standard InChI is InChI=1S/C12H26O5/c1-10(2)17-12(7-14-4)9-16-8-11(15-5)6-13-3/h10-12H,6-9H2,1-5H3. The smallest absolute Gasteiger partial charge is 0.104 e. The van der Waals surface area contributed by atoms with Gasteiger partial charge in [-0.3, -0.25) is 0 Å². The molecule has 0 aliphatic rings. The molecule has 0 aromatic rings. The number of hydrogen-bond donors (Lipinski definition) is 0. The zero-order valence-electron chi connectivity index (χ0n) is 11.6. The van der Waals surface area contributed by atoms with E-state index in [2.05, 4.69) is 0 Å². The van der Waals surface area contributed by atoms with Crippen LogP contribution in [0.15, 0.2) is 0 Å². The second kappa shape index (κ2) is 10.9. The summed E-state index contributed by atoms with van der Waals surface area (Å²) in [6.07, 6.45) is 0.0817.